The molecule has 1 aliphatic heterocycles. The average molecular weight is 250 g/mol. The fourth-order valence-electron chi connectivity index (χ4n) is 1.77. The van der Waals surface area contributed by atoms with Gasteiger partial charge >= 0.3 is 5.97 Å². The maximum atomic E-state index is 11.8. The number of sulfonamides is 1. The molecule has 1 fully saturated rings. The predicted octanol–water partition coefficient (Wildman–Crippen LogP) is -0.840. The minimum Gasteiger partial charge on any atom is -0.468 e. The van der Waals surface area contributed by atoms with E-state index in [2.05, 4.69) is 4.74 Å². The first-order chi connectivity index (χ1) is 7.49. The highest BCUT2D eigenvalue weighted by molar-refractivity contribution is 7.89. The van der Waals surface area contributed by atoms with Gasteiger partial charge in [-0.05, 0) is 25.3 Å². The van der Waals surface area contributed by atoms with Crippen molar-refractivity contribution in [3.8, 4) is 0 Å². The molecular formula is C9H18N2O4S. The summed E-state index contributed by atoms with van der Waals surface area (Å²) < 4.78 is 29.3. The Kier molecular flexibility index (Phi) is 4.69. The van der Waals surface area contributed by atoms with Crippen LogP contribution in [-0.4, -0.2) is 51.2 Å². The van der Waals surface area contributed by atoms with Gasteiger partial charge in [-0.15, -0.1) is 0 Å². The molecular weight excluding hydrogens is 232 g/mol. The van der Waals surface area contributed by atoms with Crippen molar-refractivity contribution in [1.29, 1.82) is 0 Å². The normalized spacial score (nSPS) is 23.0. The smallest absolute Gasteiger partial charge is 0.322 e. The van der Waals surface area contributed by atoms with Gasteiger partial charge in [0.05, 0.1) is 7.11 Å². The number of hydrogen-bond acceptors (Lipinski definition) is 5. The first kappa shape index (κ1) is 13.4. The highest BCUT2D eigenvalue weighted by Crippen LogP contribution is 2.18. The second kappa shape index (κ2) is 5.60. The monoisotopic (exact) mass is 250 g/mol. The number of hydrogen-bond donors (Lipinski definition) is 1. The van der Waals surface area contributed by atoms with Crippen molar-refractivity contribution in [2.24, 2.45) is 11.7 Å². The number of rotatable bonds is 4. The van der Waals surface area contributed by atoms with E-state index in [4.69, 9.17) is 5.73 Å². The molecule has 0 aromatic carbocycles. The fourth-order valence-corrected chi connectivity index (χ4v) is 3.21. The lowest BCUT2D eigenvalue weighted by molar-refractivity contribution is -0.137. The van der Waals surface area contributed by atoms with Crippen LogP contribution in [0.2, 0.25) is 0 Å². The molecule has 0 aromatic heterocycles. The molecule has 6 nitrogen and oxygen atoms in total. The lowest BCUT2D eigenvalue weighted by Crippen LogP contribution is -2.44. The maximum absolute atomic E-state index is 11.8. The fraction of sp³-hybridized carbons (Fsp3) is 0.889. The van der Waals surface area contributed by atoms with E-state index in [1.807, 2.05) is 0 Å². The third kappa shape index (κ3) is 3.43. The summed E-state index contributed by atoms with van der Waals surface area (Å²) in [4.78, 5) is 11.0. The van der Waals surface area contributed by atoms with Crippen LogP contribution in [0.15, 0.2) is 0 Å². The lowest BCUT2D eigenvalue weighted by atomic mass is 10.0. The molecule has 0 aromatic rings. The Morgan fingerprint density at radius 3 is 2.81 bits per heavy atom. The molecule has 1 heterocycles. The number of methoxy groups -OCH3 is 1. The van der Waals surface area contributed by atoms with Crippen LogP contribution in [0.3, 0.4) is 0 Å². The molecule has 0 saturated carbocycles. The molecule has 1 atom stereocenters. The molecule has 0 aliphatic carbocycles. The zero-order valence-electron chi connectivity index (χ0n) is 9.39. The van der Waals surface area contributed by atoms with Crippen LogP contribution in [0.5, 0.6) is 0 Å². The Balaban J connectivity index is 2.64. The number of ether oxygens (including phenoxy) is 1. The quantitative estimate of drug-likeness (QED) is 0.657. The van der Waals surface area contributed by atoms with Gasteiger partial charge in [-0.25, -0.2) is 12.7 Å². The van der Waals surface area contributed by atoms with Crippen molar-refractivity contribution < 1.29 is 17.9 Å². The number of nitrogens with zero attached hydrogens (tertiary/aromatic N) is 1. The van der Waals surface area contributed by atoms with Gasteiger partial charge in [0, 0.05) is 13.1 Å². The van der Waals surface area contributed by atoms with E-state index in [0.29, 0.717) is 19.6 Å². The van der Waals surface area contributed by atoms with Crippen molar-refractivity contribution in [1.82, 2.24) is 4.31 Å². The van der Waals surface area contributed by atoms with Gasteiger partial charge in [-0.3, -0.25) is 4.79 Å². The Hall–Kier alpha value is -0.660. The summed E-state index contributed by atoms with van der Waals surface area (Å²) in [6, 6.07) is 0. The number of nitrogens with two attached hydrogens (primary N) is 1. The van der Waals surface area contributed by atoms with E-state index in [1.165, 1.54) is 11.4 Å². The van der Waals surface area contributed by atoms with Gasteiger partial charge in [0.1, 0.15) is 0 Å². The van der Waals surface area contributed by atoms with Crippen LogP contribution in [0.4, 0.5) is 0 Å². The topological polar surface area (TPSA) is 89.7 Å². The average Bonchev–Trinajstić information content (AvgIpc) is 2.28. The van der Waals surface area contributed by atoms with Crippen molar-refractivity contribution in [2.75, 3.05) is 32.5 Å². The molecule has 94 valence electrons. The zero-order valence-corrected chi connectivity index (χ0v) is 10.2. The summed E-state index contributed by atoms with van der Waals surface area (Å²) in [5.74, 6) is -1.11. The Morgan fingerprint density at radius 1 is 1.56 bits per heavy atom. The second-order valence-corrected chi connectivity index (χ2v) is 5.90. The summed E-state index contributed by atoms with van der Waals surface area (Å²) in [6.07, 6.45) is 1.74. The summed E-state index contributed by atoms with van der Waals surface area (Å²) in [5.41, 5.74) is 5.52. The van der Waals surface area contributed by atoms with E-state index in [0.717, 1.165) is 12.8 Å². The summed E-state index contributed by atoms with van der Waals surface area (Å²) in [5, 5.41) is 0. The lowest BCUT2D eigenvalue weighted by Gasteiger charge is -2.30. The first-order valence-corrected chi connectivity index (χ1v) is 6.85. The van der Waals surface area contributed by atoms with Crippen LogP contribution in [0.1, 0.15) is 12.8 Å². The van der Waals surface area contributed by atoms with E-state index in [9.17, 15) is 13.2 Å². The molecule has 16 heavy (non-hydrogen) atoms. The molecule has 0 bridgehead atoms. The SMILES string of the molecule is COC(=O)CS(=O)(=O)N1CCCC(CN)C1. The van der Waals surface area contributed by atoms with Crippen molar-refractivity contribution in [3.63, 3.8) is 0 Å². The molecule has 1 saturated heterocycles. The van der Waals surface area contributed by atoms with Gasteiger partial charge in [-0.1, -0.05) is 0 Å². The maximum Gasteiger partial charge on any atom is 0.322 e. The summed E-state index contributed by atoms with van der Waals surface area (Å²) >= 11 is 0. The highest BCUT2D eigenvalue weighted by Gasteiger charge is 2.30. The first-order valence-electron chi connectivity index (χ1n) is 5.24. The summed E-state index contributed by atoms with van der Waals surface area (Å²) in [7, 11) is -2.36. The molecule has 0 spiro atoms. The van der Waals surface area contributed by atoms with Crippen LogP contribution < -0.4 is 5.73 Å². The highest BCUT2D eigenvalue weighted by atomic mass is 32.2. The second-order valence-electron chi connectivity index (χ2n) is 3.93. The Morgan fingerprint density at radius 2 is 2.25 bits per heavy atom. The minimum absolute atomic E-state index is 0.196. The van der Waals surface area contributed by atoms with E-state index in [1.54, 1.807) is 0 Å². The van der Waals surface area contributed by atoms with E-state index >= 15 is 0 Å². The standard InChI is InChI=1S/C9H18N2O4S/c1-15-9(12)7-16(13,14)11-4-2-3-8(5-10)6-11/h8H,2-7,10H2,1H3. The molecule has 1 aliphatic rings. The minimum atomic E-state index is -3.53. The van der Waals surface area contributed by atoms with Crippen LogP contribution >= 0.6 is 0 Å². The third-order valence-corrected chi connectivity index (χ3v) is 4.46. The zero-order chi connectivity index (χ0) is 12.2. The number of piperidine rings is 1. The molecule has 7 heteroatoms. The van der Waals surface area contributed by atoms with Crippen LogP contribution in [-0.2, 0) is 19.6 Å². The molecule has 1 rings (SSSR count). The van der Waals surface area contributed by atoms with Crippen molar-refractivity contribution in [2.45, 2.75) is 12.8 Å². The van der Waals surface area contributed by atoms with Crippen molar-refractivity contribution >= 4 is 16.0 Å². The largest absolute Gasteiger partial charge is 0.468 e. The molecule has 1 unspecified atom stereocenters. The molecule has 2 N–H and O–H groups in total. The van der Waals surface area contributed by atoms with Gasteiger partial charge in [0.2, 0.25) is 10.0 Å². The number of carbonyl (C=O) groups is 1. The third-order valence-electron chi connectivity index (χ3n) is 2.74. The van der Waals surface area contributed by atoms with Gasteiger partial charge in [0.25, 0.3) is 0 Å². The number of carbonyl (C=O) groups excluding carboxylic acids is 1. The number of esters is 1. The van der Waals surface area contributed by atoms with Gasteiger partial charge in [-0.2, -0.15) is 0 Å². The molecule has 0 amide bonds. The van der Waals surface area contributed by atoms with E-state index < -0.39 is 21.7 Å². The van der Waals surface area contributed by atoms with Gasteiger partial charge < -0.3 is 10.5 Å². The summed E-state index contributed by atoms with van der Waals surface area (Å²) in [6.45, 7) is 1.36. The Labute approximate surface area is 95.8 Å². The van der Waals surface area contributed by atoms with Crippen LogP contribution in [0.25, 0.3) is 0 Å². The predicted molar refractivity (Wildman–Crippen MR) is 59.2 cm³/mol. The van der Waals surface area contributed by atoms with Gasteiger partial charge in [0.15, 0.2) is 5.75 Å². The molecule has 0 radical (unpaired) electrons. The van der Waals surface area contributed by atoms with Crippen LogP contribution in [0, 0.1) is 5.92 Å². The van der Waals surface area contributed by atoms with E-state index in [-0.39, 0.29) is 5.92 Å². The Bertz CT molecular complexity index is 341. The van der Waals surface area contributed by atoms with Crippen molar-refractivity contribution in [3.05, 3.63) is 0 Å².